The number of nitrogens with one attached hydrogen (secondary N) is 1. The fourth-order valence-corrected chi connectivity index (χ4v) is 4.71. The lowest BCUT2D eigenvalue weighted by atomic mass is 9.99. The van der Waals surface area contributed by atoms with Crippen molar-refractivity contribution in [2.24, 2.45) is 0 Å². The predicted molar refractivity (Wildman–Crippen MR) is 108 cm³/mol. The molecule has 2 aromatic carbocycles. The molecule has 2 aromatic rings. The molecule has 0 atom stereocenters. The Kier molecular flexibility index (Phi) is 5.56. The molecule has 1 aliphatic rings. The molecule has 6 heteroatoms. The summed E-state index contributed by atoms with van der Waals surface area (Å²) in [7, 11) is -3.52. The average Bonchev–Trinajstić information content (AvgIpc) is 2.62. The summed E-state index contributed by atoms with van der Waals surface area (Å²) < 4.78 is 28.0. The van der Waals surface area contributed by atoms with Crippen LogP contribution < -0.4 is 4.72 Å². The molecule has 0 spiro atoms. The summed E-state index contributed by atoms with van der Waals surface area (Å²) in [6.07, 6.45) is 1.29. The van der Waals surface area contributed by atoms with Crippen LogP contribution in [-0.4, -0.2) is 25.8 Å². The summed E-state index contributed by atoms with van der Waals surface area (Å²) in [5.41, 5.74) is 5.54. The van der Waals surface area contributed by atoms with Gasteiger partial charge in [0.05, 0.1) is 5.75 Å². The maximum Gasteiger partial charge on any atom is 0.236 e. The van der Waals surface area contributed by atoms with Gasteiger partial charge < -0.3 is 4.90 Å². The lowest BCUT2D eigenvalue weighted by Gasteiger charge is -2.29. The molecule has 1 N–H and O–H groups in total. The number of hydrogen-bond donors (Lipinski definition) is 1. The van der Waals surface area contributed by atoms with Crippen LogP contribution in [0.3, 0.4) is 0 Å². The zero-order valence-corrected chi connectivity index (χ0v) is 16.9. The second-order valence-electron chi connectivity index (χ2n) is 7.19. The molecule has 0 bridgehead atoms. The number of carbonyl (C=O) groups excluding carboxylic acids is 1. The number of hydrogen-bond acceptors (Lipinski definition) is 3. The van der Waals surface area contributed by atoms with Crippen molar-refractivity contribution in [2.75, 3.05) is 11.3 Å². The molecule has 0 saturated heterocycles. The third kappa shape index (κ3) is 4.69. The van der Waals surface area contributed by atoms with Crippen LogP contribution in [0.25, 0.3) is 0 Å². The Morgan fingerprint density at radius 3 is 2.63 bits per heavy atom. The van der Waals surface area contributed by atoms with Crippen molar-refractivity contribution in [2.45, 2.75) is 45.9 Å². The Labute approximate surface area is 161 Å². The molecule has 27 heavy (non-hydrogen) atoms. The van der Waals surface area contributed by atoms with Gasteiger partial charge in [0.1, 0.15) is 0 Å². The number of amides is 1. The van der Waals surface area contributed by atoms with E-state index in [1.807, 2.05) is 56.0 Å². The van der Waals surface area contributed by atoms with Crippen molar-refractivity contribution in [1.29, 1.82) is 0 Å². The molecular formula is C21H26N2O3S. The fraction of sp³-hybridized carbons (Fsp3) is 0.381. The van der Waals surface area contributed by atoms with Gasteiger partial charge >= 0.3 is 0 Å². The number of nitrogens with zero attached hydrogens (tertiary/aromatic N) is 1. The standard InChI is InChI=1S/C21H26N2O3S/c1-4-21(24)23-10-9-17-7-8-20(12-18(17)13-23)22-27(25,26)14-19-11-15(2)5-6-16(19)3/h5-8,11-12,22H,4,9-10,13-14H2,1-3H3. The normalized spacial score (nSPS) is 14.0. The fourth-order valence-electron chi connectivity index (χ4n) is 3.43. The van der Waals surface area contributed by atoms with Gasteiger partial charge in [-0.3, -0.25) is 9.52 Å². The van der Waals surface area contributed by atoms with Crippen molar-refractivity contribution in [1.82, 2.24) is 4.90 Å². The highest BCUT2D eigenvalue weighted by Crippen LogP contribution is 2.24. The van der Waals surface area contributed by atoms with Crippen molar-refractivity contribution in [3.05, 3.63) is 64.2 Å². The van der Waals surface area contributed by atoms with E-state index >= 15 is 0 Å². The number of aryl methyl sites for hydroxylation is 2. The molecule has 0 aliphatic carbocycles. The van der Waals surface area contributed by atoms with E-state index in [0.717, 1.165) is 35.2 Å². The summed E-state index contributed by atoms with van der Waals surface area (Å²) in [5, 5.41) is 0. The molecule has 5 nitrogen and oxygen atoms in total. The summed E-state index contributed by atoms with van der Waals surface area (Å²) in [6, 6.07) is 11.4. The Morgan fingerprint density at radius 1 is 1.11 bits per heavy atom. The smallest absolute Gasteiger partial charge is 0.236 e. The van der Waals surface area contributed by atoms with Gasteiger partial charge in [-0.15, -0.1) is 0 Å². The van der Waals surface area contributed by atoms with E-state index in [-0.39, 0.29) is 11.7 Å². The number of anilines is 1. The molecule has 0 saturated carbocycles. The molecule has 0 unspecified atom stereocenters. The minimum Gasteiger partial charge on any atom is -0.338 e. The second-order valence-corrected chi connectivity index (χ2v) is 8.92. The van der Waals surface area contributed by atoms with Crippen LogP contribution >= 0.6 is 0 Å². The molecule has 0 aromatic heterocycles. The van der Waals surface area contributed by atoms with Crippen LogP contribution in [0.5, 0.6) is 0 Å². The van der Waals surface area contributed by atoms with Gasteiger partial charge in [0.2, 0.25) is 15.9 Å². The van der Waals surface area contributed by atoms with E-state index in [0.29, 0.717) is 18.7 Å². The molecule has 144 valence electrons. The number of fused-ring (bicyclic) bond motifs is 1. The van der Waals surface area contributed by atoms with E-state index in [1.54, 1.807) is 6.07 Å². The van der Waals surface area contributed by atoms with E-state index in [1.165, 1.54) is 5.56 Å². The third-order valence-corrected chi connectivity index (χ3v) is 6.23. The highest BCUT2D eigenvalue weighted by Gasteiger charge is 2.21. The lowest BCUT2D eigenvalue weighted by Crippen LogP contribution is -2.35. The van der Waals surface area contributed by atoms with Gasteiger partial charge in [-0.2, -0.15) is 0 Å². The molecular weight excluding hydrogens is 360 g/mol. The predicted octanol–water partition coefficient (Wildman–Crippen LogP) is 3.54. The van der Waals surface area contributed by atoms with Crippen LogP contribution in [0.2, 0.25) is 0 Å². The summed E-state index contributed by atoms with van der Waals surface area (Å²) >= 11 is 0. The van der Waals surface area contributed by atoms with Gasteiger partial charge in [-0.25, -0.2) is 8.42 Å². The van der Waals surface area contributed by atoms with Crippen LogP contribution in [-0.2, 0) is 33.5 Å². The first-order valence-corrected chi connectivity index (χ1v) is 10.9. The zero-order chi connectivity index (χ0) is 19.6. The highest BCUT2D eigenvalue weighted by molar-refractivity contribution is 7.91. The summed E-state index contributed by atoms with van der Waals surface area (Å²) in [4.78, 5) is 13.8. The topological polar surface area (TPSA) is 66.5 Å². The van der Waals surface area contributed by atoms with Crippen LogP contribution in [0.1, 0.15) is 41.2 Å². The van der Waals surface area contributed by atoms with Crippen LogP contribution in [0.15, 0.2) is 36.4 Å². The minimum atomic E-state index is -3.52. The zero-order valence-electron chi connectivity index (χ0n) is 16.1. The monoisotopic (exact) mass is 386 g/mol. The SMILES string of the molecule is CCC(=O)N1CCc2ccc(NS(=O)(=O)Cc3cc(C)ccc3C)cc2C1. The quantitative estimate of drug-likeness (QED) is 0.855. The average molecular weight is 387 g/mol. The minimum absolute atomic E-state index is 0.0575. The highest BCUT2D eigenvalue weighted by atomic mass is 32.2. The van der Waals surface area contributed by atoms with Gasteiger partial charge in [-0.1, -0.05) is 36.8 Å². The van der Waals surface area contributed by atoms with E-state index in [4.69, 9.17) is 0 Å². The van der Waals surface area contributed by atoms with Crippen LogP contribution in [0.4, 0.5) is 5.69 Å². The van der Waals surface area contributed by atoms with Crippen LogP contribution in [0, 0.1) is 13.8 Å². The van der Waals surface area contributed by atoms with Crippen molar-refractivity contribution in [3.8, 4) is 0 Å². The first-order chi connectivity index (χ1) is 12.8. The van der Waals surface area contributed by atoms with E-state index in [2.05, 4.69) is 4.72 Å². The van der Waals surface area contributed by atoms with Gasteiger partial charge in [0.25, 0.3) is 0 Å². The Morgan fingerprint density at radius 2 is 1.89 bits per heavy atom. The molecule has 1 heterocycles. The van der Waals surface area contributed by atoms with Gasteiger partial charge in [-0.05, 0) is 54.7 Å². The van der Waals surface area contributed by atoms with Crippen molar-refractivity contribution < 1.29 is 13.2 Å². The number of sulfonamides is 1. The van der Waals surface area contributed by atoms with E-state index in [9.17, 15) is 13.2 Å². The largest absolute Gasteiger partial charge is 0.338 e. The summed E-state index contributed by atoms with van der Waals surface area (Å²) in [5.74, 6) is 0.0689. The van der Waals surface area contributed by atoms with Crippen molar-refractivity contribution >= 4 is 21.6 Å². The van der Waals surface area contributed by atoms with E-state index < -0.39 is 10.0 Å². The van der Waals surface area contributed by atoms with Crippen molar-refractivity contribution in [3.63, 3.8) is 0 Å². The Hall–Kier alpha value is -2.34. The molecule has 3 rings (SSSR count). The number of carbonyl (C=O) groups is 1. The number of benzene rings is 2. The van der Waals surface area contributed by atoms with Gasteiger partial charge in [0, 0.05) is 25.2 Å². The molecule has 0 radical (unpaired) electrons. The van der Waals surface area contributed by atoms with Gasteiger partial charge in [0.15, 0.2) is 0 Å². The first-order valence-electron chi connectivity index (χ1n) is 9.23. The number of rotatable bonds is 5. The molecule has 1 aliphatic heterocycles. The molecule has 0 fully saturated rings. The third-order valence-electron chi connectivity index (χ3n) is 5.00. The maximum atomic E-state index is 12.6. The molecule has 1 amide bonds. The summed E-state index contributed by atoms with van der Waals surface area (Å²) in [6.45, 7) is 6.99. The Balaban J connectivity index is 1.77. The maximum absolute atomic E-state index is 12.6. The Bertz CT molecular complexity index is 967. The lowest BCUT2D eigenvalue weighted by molar-refractivity contribution is -0.131. The first kappa shape index (κ1) is 19.4. The second kappa shape index (κ2) is 7.72.